The molecule has 0 aromatic heterocycles. The molecule has 0 spiro atoms. The molecule has 0 aliphatic rings. The fourth-order valence-electron chi connectivity index (χ4n) is 2.54. The predicted octanol–water partition coefficient (Wildman–Crippen LogP) is 3.84. The summed E-state index contributed by atoms with van der Waals surface area (Å²) >= 11 is 0. The van der Waals surface area contributed by atoms with Crippen molar-refractivity contribution in [1.82, 2.24) is 5.32 Å². The van der Waals surface area contributed by atoms with Gasteiger partial charge < -0.3 is 5.32 Å². The van der Waals surface area contributed by atoms with Gasteiger partial charge >= 0.3 is 0 Å². The molecule has 0 aliphatic heterocycles. The van der Waals surface area contributed by atoms with Crippen molar-refractivity contribution in [1.29, 1.82) is 0 Å². The summed E-state index contributed by atoms with van der Waals surface area (Å²) in [5.41, 5.74) is 2.80. The third kappa shape index (κ3) is 4.88. The Morgan fingerprint density at radius 1 is 0.684 bits per heavy atom. The van der Waals surface area contributed by atoms with E-state index in [0.717, 1.165) is 12.8 Å². The van der Waals surface area contributed by atoms with Crippen LogP contribution < -0.4 is 5.32 Å². The maximum atomic E-state index is 3.68. The van der Waals surface area contributed by atoms with Gasteiger partial charge in [0.25, 0.3) is 0 Å². The van der Waals surface area contributed by atoms with Crippen molar-refractivity contribution in [3.63, 3.8) is 0 Å². The lowest BCUT2D eigenvalue weighted by Gasteiger charge is -2.20. The van der Waals surface area contributed by atoms with Crippen molar-refractivity contribution < 1.29 is 0 Å². The second kappa shape index (κ2) is 7.10. The summed E-state index contributed by atoms with van der Waals surface area (Å²) in [7, 11) is 0. The van der Waals surface area contributed by atoms with Crippen LogP contribution in [-0.2, 0) is 12.8 Å². The van der Waals surface area contributed by atoms with Gasteiger partial charge in [0.2, 0.25) is 0 Å². The summed E-state index contributed by atoms with van der Waals surface area (Å²) in [6, 6.07) is 22.3. The molecule has 1 N–H and O–H groups in total. The minimum Gasteiger partial charge on any atom is -0.311 e. The second-order valence-corrected chi connectivity index (χ2v) is 5.35. The Labute approximate surface area is 116 Å². The fourth-order valence-corrected chi connectivity index (χ4v) is 2.54. The van der Waals surface area contributed by atoms with E-state index in [2.05, 4.69) is 79.8 Å². The van der Waals surface area contributed by atoms with Gasteiger partial charge in [-0.15, -0.1) is 0 Å². The largest absolute Gasteiger partial charge is 0.311 e. The smallest absolute Gasteiger partial charge is 0.00817 e. The first-order valence-corrected chi connectivity index (χ1v) is 7.08. The summed E-state index contributed by atoms with van der Waals surface area (Å²) in [5, 5.41) is 3.68. The molecule has 2 rings (SSSR count). The molecular formula is C18H23N. The Morgan fingerprint density at radius 3 is 1.42 bits per heavy atom. The summed E-state index contributed by atoms with van der Waals surface area (Å²) in [5.74, 6) is 0. The van der Waals surface area contributed by atoms with Gasteiger partial charge in [-0.1, -0.05) is 60.7 Å². The highest BCUT2D eigenvalue weighted by atomic mass is 14.9. The van der Waals surface area contributed by atoms with Gasteiger partial charge in [-0.25, -0.2) is 0 Å². The molecule has 2 atom stereocenters. The van der Waals surface area contributed by atoms with Crippen LogP contribution >= 0.6 is 0 Å². The Morgan fingerprint density at radius 2 is 1.05 bits per heavy atom. The SMILES string of the molecule is C[C@@H](Cc1ccccc1)N[C@@H](C)Cc1ccccc1. The van der Waals surface area contributed by atoms with Crippen molar-refractivity contribution in [3.05, 3.63) is 71.8 Å². The van der Waals surface area contributed by atoms with Gasteiger partial charge in [-0.05, 0) is 37.8 Å². The highest BCUT2D eigenvalue weighted by molar-refractivity contribution is 5.17. The van der Waals surface area contributed by atoms with Gasteiger partial charge in [0.15, 0.2) is 0 Å². The fraction of sp³-hybridized carbons (Fsp3) is 0.333. The molecule has 0 fully saturated rings. The Balaban J connectivity index is 1.80. The monoisotopic (exact) mass is 253 g/mol. The van der Waals surface area contributed by atoms with Crippen LogP contribution in [0.3, 0.4) is 0 Å². The van der Waals surface area contributed by atoms with E-state index in [1.54, 1.807) is 0 Å². The zero-order valence-corrected chi connectivity index (χ0v) is 11.8. The van der Waals surface area contributed by atoms with Gasteiger partial charge in [0, 0.05) is 12.1 Å². The Hall–Kier alpha value is -1.60. The number of benzene rings is 2. The molecule has 0 amide bonds. The first-order chi connectivity index (χ1) is 9.24. The van der Waals surface area contributed by atoms with Crippen LogP contribution in [-0.4, -0.2) is 12.1 Å². The van der Waals surface area contributed by atoms with Gasteiger partial charge in [0.1, 0.15) is 0 Å². The molecule has 1 heteroatoms. The van der Waals surface area contributed by atoms with Crippen molar-refractivity contribution in [3.8, 4) is 0 Å². The summed E-state index contributed by atoms with van der Waals surface area (Å²) < 4.78 is 0. The van der Waals surface area contributed by atoms with E-state index in [0.29, 0.717) is 12.1 Å². The predicted molar refractivity (Wildman–Crippen MR) is 82.4 cm³/mol. The van der Waals surface area contributed by atoms with E-state index < -0.39 is 0 Å². The van der Waals surface area contributed by atoms with E-state index in [1.807, 2.05) is 0 Å². The summed E-state index contributed by atoms with van der Waals surface area (Å²) in [6.45, 7) is 4.52. The lowest BCUT2D eigenvalue weighted by Crippen LogP contribution is -2.37. The van der Waals surface area contributed by atoms with Crippen LogP contribution in [0.1, 0.15) is 25.0 Å². The third-order valence-corrected chi connectivity index (χ3v) is 3.34. The number of nitrogens with one attached hydrogen (secondary N) is 1. The van der Waals surface area contributed by atoms with Crippen molar-refractivity contribution in [2.75, 3.05) is 0 Å². The third-order valence-electron chi connectivity index (χ3n) is 3.34. The highest BCUT2D eigenvalue weighted by Crippen LogP contribution is 2.06. The highest BCUT2D eigenvalue weighted by Gasteiger charge is 2.08. The van der Waals surface area contributed by atoms with E-state index in [-0.39, 0.29) is 0 Å². The van der Waals surface area contributed by atoms with Crippen LogP contribution in [0.2, 0.25) is 0 Å². The summed E-state index contributed by atoms with van der Waals surface area (Å²) in [6.07, 6.45) is 2.17. The lowest BCUT2D eigenvalue weighted by molar-refractivity contribution is 0.462. The maximum Gasteiger partial charge on any atom is 0.00817 e. The van der Waals surface area contributed by atoms with Crippen LogP contribution in [0.5, 0.6) is 0 Å². The molecule has 0 saturated carbocycles. The van der Waals surface area contributed by atoms with Gasteiger partial charge in [0.05, 0.1) is 0 Å². The van der Waals surface area contributed by atoms with Gasteiger partial charge in [-0.3, -0.25) is 0 Å². The molecule has 2 aromatic carbocycles. The molecule has 100 valence electrons. The van der Waals surface area contributed by atoms with Crippen molar-refractivity contribution >= 4 is 0 Å². The molecule has 0 heterocycles. The molecule has 0 aliphatic carbocycles. The van der Waals surface area contributed by atoms with Gasteiger partial charge in [-0.2, -0.15) is 0 Å². The van der Waals surface area contributed by atoms with E-state index in [9.17, 15) is 0 Å². The molecule has 2 aromatic rings. The lowest BCUT2D eigenvalue weighted by atomic mass is 10.0. The first-order valence-electron chi connectivity index (χ1n) is 7.08. The minimum absolute atomic E-state index is 0.501. The average molecular weight is 253 g/mol. The Kier molecular flexibility index (Phi) is 5.17. The van der Waals surface area contributed by atoms with E-state index >= 15 is 0 Å². The van der Waals surface area contributed by atoms with Crippen LogP contribution in [0, 0.1) is 0 Å². The van der Waals surface area contributed by atoms with Crippen LogP contribution in [0.4, 0.5) is 0 Å². The van der Waals surface area contributed by atoms with Crippen LogP contribution in [0.25, 0.3) is 0 Å². The molecular weight excluding hydrogens is 230 g/mol. The zero-order valence-electron chi connectivity index (χ0n) is 11.8. The molecule has 0 bridgehead atoms. The first kappa shape index (κ1) is 13.8. The minimum atomic E-state index is 0.501. The van der Waals surface area contributed by atoms with Crippen molar-refractivity contribution in [2.24, 2.45) is 0 Å². The second-order valence-electron chi connectivity index (χ2n) is 5.35. The average Bonchev–Trinajstić information content (AvgIpc) is 2.40. The van der Waals surface area contributed by atoms with Crippen LogP contribution in [0.15, 0.2) is 60.7 Å². The number of rotatable bonds is 6. The summed E-state index contributed by atoms with van der Waals surface area (Å²) in [4.78, 5) is 0. The van der Waals surface area contributed by atoms with Crippen molar-refractivity contribution in [2.45, 2.75) is 38.8 Å². The number of hydrogen-bond donors (Lipinski definition) is 1. The molecule has 0 unspecified atom stereocenters. The molecule has 1 nitrogen and oxygen atoms in total. The zero-order chi connectivity index (χ0) is 13.5. The Bertz CT molecular complexity index is 418. The molecule has 19 heavy (non-hydrogen) atoms. The molecule has 0 radical (unpaired) electrons. The molecule has 0 saturated heterocycles. The van der Waals surface area contributed by atoms with E-state index in [1.165, 1.54) is 11.1 Å². The normalized spacial score (nSPS) is 14.0. The maximum absolute atomic E-state index is 3.68. The number of hydrogen-bond acceptors (Lipinski definition) is 1. The quantitative estimate of drug-likeness (QED) is 0.825. The standard InChI is InChI=1S/C18H23N/c1-15(13-17-9-5-3-6-10-17)19-16(2)14-18-11-7-4-8-12-18/h3-12,15-16,19H,13-14H2,1-2H3/t15-,16-/m0/s1. The van der Waals surface area contributed by atoms with E-state index in [4.69, 9.17) is 0 Å². The topological polar surface area (TPSA) is 12.0 Å².